The van der Waals surface area contributed by atoms with Crippen LogP contribution in [0.1, 0.15) is 0 Å². The maximum atomic E-state index is 11.6. The zero-order valence-corrected chi connectivity index (χ0v) is 11.9. The number of nitrogens with one attached hydrogen (secondary N) is 1. The van der Waals surface area contributed by atoms with E-state index in [0.717, 1.165) is 0 Å². The Morgan fingerprint density at radius 3 is 2.68 bits per heavy atom. The minimum atomic E-state index is -0.424. The molecule has 94 valence electrons. The molecule has 0 atom stereocenters. The van der Waals surface area contributed by atoms with Gasteiger partial charge in [-0.25, -0.2) is 9.78 Å². The van der Waals surface area contributed by atoms with Crippen LogP contribution in [-0.4, -0.2) is 15.0 Å². The number of H-pyrrole nitrogens is 1. The zero-order chi connectivity index (χ0) is 13.4. The van der Waals surface area contributed by atoms with Gasteiger partial charge in [0.1, 0.15) is 15.8 Å². The van der Waals surface area contributed by atoms with Gasteiger partial charge in [-0.1, -0.05) is 29.8 Å². The van der Waals surface area contributed by atoms with Gasteiger partial charge in [0.05, 0.1) is 10.5 Å². The highest BCUT2D eigenvalue weighted by molar-refractivity contribution is 9.10. The molecule has 2 aromatic heterocycles. The van der Waals surface area contributed by atoms with Crippen LogP contribution in [0.4, 0.5) is 0 Å². The van der Waals surface area contributed by atoms with E-state index in [4.69, 9.17) is 11.6 Å². The summed E-state index contributed by atoms with van der Waals surface area (Å²) < 4.78 is 0.669. The third kappa shape index (κ3) is 2.27. The fourth-order valence-corrected chi connectivity index (χ4v) is 2.39. The van der Waals surface area contributed by atoms with Gasteiger partial charge < -0.3 is 4.98 Å². The molecule has 3 rings (SSSR count). The summed E-state index contributed by atoms with van der Waals surface area (Å²) in [6.45, 7) is 0. The molecule has 0 bridgehead atoms. The summed E-state index contributed by atoms with van der Waals surface area (Å²) in [7, 11) is 0. The molecule has 19 heavy (non-hydrogen) atoms. The minimum absolute atomic E-state index is 0.424. The lowest BCUT2D eigenvalue weighted by atomic mass is 10.1. The number of rotatable bonds is 1. The summed E-state index contributed by atoms with van der Waals surface area (Å²) >= 11 is 9.47. The van der Waals surface area contributed by atoms with E-state index in [2.05, 4.69) is 30.9 Å². The Morgan fingerprint density at radius 1 is 1.11 bits per heavy atom. The Labute approximate surface area is 121 Å². The highest BCUT2D eigenvalue weighted by atomic mass is 79.9. The van der Waals surface area contributed by atoms with Gasteiger partial charge in [-0.3, -0.25) is 0 Å². The van der Waals surface area contributed by atoms with E-state index in [0.29, 0.717) is 31.9 Å². The monoisotopic (exact) mass is 335 g/mol. The lowest BCUT2D eigenvalue weighted by Crippen LogP contribution is -2.12. The van der Waals surface area contributed by atoms with E-state index in [1.54, 1.807) is 18.2 Å². The molecule has 6 heteroatoms. The smallest absolute Gasteiger partial charge is 0.304 e. The minimum Gasteiger partial charge on any atom is -0.304 e. The predicted octanol–water partition coefficient (Wildman–Crippen LogP) is 3.40. The van der Waals surface area contributed by atoms with Crippen molar-refractivity contribution in [1.82, 2.24) is 15.0 Å². The van der Waals surface area contributed by atoms with E-state index < -0.39 is 5.69 Å². The van der Waals surface area contributed by atoms with Gasteiger partial charge in [0.25, 0.3) is 0 Å². The second-order valence-corrected chi connectivity index (χ2v) is 5.12. The van der Waals surface area contributed by atoms with Crippen LogP contribution in [0.2, 0.25) is 5.02 Å². The predicted molar refractivity (Wildman–Crippen MR) is 78.3 cm³/mol. The summed E-state index contributed by atoms with van der Waals surface area (Å²) in [6.07, 6.45) is 0. The summed E-state index contributed by atoms with van der Waals surface area (Å²) in [6, 6.07) is 10.8. The molecule has 0 aliphatic rings. The molecule has 2 heterocycles. The highest BCUT2D eigenvalue weighted by Crippen LogP contribution is 2.29. The van der Waals surface area contributed by atoms with Crippen LogP contribution in [0.3, 0.4) is 0 Å². The van der Waals surface area contributed by atoms with Crippen molar-refractivity contribution in [3.8, 4) is 11.3 Å². The van der Waals surface area contributed by atoms with Crippen LogP contribution >= 0.6 is 27.5 Å². The second kappa shape index (κ2) is 4.75. The van der Waals surface area contributed by atoms with Crippen molar-refractivity contribution in [3.63, 3.8) is 0 Å². The molecule has 0 saturated heterocycles. The molecule has 0 aliphatic carbocycles. The van der Waals surface area contributed by atoms with Crippen molar-refractivity contribution in [2.75, 3.05) is 0 Å². The van der Waals surface area contributed by atoms with Crippen molar-refractivity contribution < 1.29 is 0 Å². The second-order valence-electron chi connectivity index (χ2n) is 3.90. The van der Waals surface area contributed by atoms with Crippen molar-refractivity contribution >= 4 is 38.6 Å². The largest absolute Gasteiger partial charge is 0.346 e. The van der Waals surface area contributed by atoms with Crippen LogP contribution in [-0.2, 0) is 0 Å². The Balaban J connectivity index is 2.43. The number of nitrogens with zero attached hydrogens (tertiary/aromatic N) is 2. The highest BCUT2D eigenvalue weighted by Gasteiger charge is 2.12. The molecular weight excluding hydrogens is 330 g/mol. The van der Waals surface area contributed by atoms with Gasteiger partial charge in [0, 0.05) is 5.56 Å². The third-order valence-electron chi connectivity index (χ3n) is 2.67. The van der Waals surface area contributed by atoms with Crippen molar-refractivity contribution in [3.05, 3.63) is 56.5 Å². The molecule has 4 nitrogen and oxygen atoms in total. The zero-order valence-electron chi connectivity index (χ0n) is 9.52. The fraction of sp³-hybridized carbons (Fsp3) is 0. The van der Waals surface area contributed by atoms with E-state index in [9.17, 15) is 4.79 Å². The van der Waals surface area contributed by atoms with Gasteiger partial charge in [-0.05, 0) is 34.1 Å². The lowest BCUT2D eigenvalue weighted by molar-refractivity contribution is 1.11. The van der Waals surface area contributed by atoms with Crippen LogP contribution < -0.4 is 5.69 Å². The number of halogens is 2. The first-order valence-electron chi connectivity index (χ1n) is 5.46. The van der Waals surface area contributed by atoms with E-state index in [1.807, 2.05) is 18.2 Å². The van der Waals surface area contributed by atoms with Crippen molar-refractivity contribution in [1.29, 1.82) is 0 Å². The third-order valence-corrected chi connectivity index (χ3v) is 3.44. The number of fused-ring (bicyclic) bond motifs is 1. The normalized spacial score (nSPS) is 10.8. The Bertz CT molecular complexity index is 831. The van der Waals surface area contributed by atoms with Gasteiger partial charge >= 0.3 is 5.69 Å². The van der Waals surface area contributed by atoms with Crippen molar-refractivity contribution in [2.24, 2.45) is 0 Å². The number of hydrogen-bond acceptors (Lipinski definition) is 3. The average molecular weight is 337 g/mol. The fourth-order valence-electron chi connectivity index (χ4n) is 1.86. The van der Waals surface area contributed by atoms with Crippen LogP contribution in [0, 0.1) is 0 Å². The summed E-state index contributed by atoms with van der Waals surface area (Å²) in [5, 5.41) is 0.531. The van der Waals surface area contributed by atoms with Crippen LogP contribution in [0.15, 0.2) is 45.8 Å². The van der Waals surface area contributed by atoms with E-state index >= 15 is 0 Å². The molecule has 0 unspecified atom stereocenters. The topological polar surface area (TPSA) is 58.6 Å². The SMILES string of the molecule is O=c1nc(-c2ccccc2Cl)c2nc(Br)ccc2[nH]1. The molecule has 0 saturated carbocycles. The standard InChI is InChI=1S/C13H7BrClN3O/c14-10-6-5-9-12(17-10)11(18-13(19)16-9)7-3-1-2-4-8(7)15/h1-6H,(H,16,18,19). The lowest BCUT2D eigenvalue weighted by Gasteiger charge is -2.06. The number of hydrogen-bond donors (Lipinski definition) is 1. The molecule has 0 fully saturated rings. The summed E-state index contributed by atoms with van der Waals surface area (Å²) in [5.41, 5.74) is 1.96. The molecular formula is C13H7BrClN3O. The average Bonchev–Trinajstić information content (AvgIpc) is 2.39. The van der Waals surface area contributed by atoms with Crippen molar-refractivity contribution in [2.45, 2.75) is 0 Å². The van der Waals surface area contributed by atoms with E-state index in [1.165, 1.54) is 0 Å². The Kier molecular flexibility index (Phi) is 3.08. The first kappa shape index (κ1) is 12.3. The quantitative estimate of drug-likeness (QED) is 0.693. The summed E-state index contributed by atoms with van der Waals surface area (Å²) in [4.78, 5) is 22.6. The van der Waals surface area contributed by atoms with Gasteiger partial charge in [-0.15, -0.1) is 0 Å². The molecule has 1 N–H and O–H groups in total. The molecule has 0 aliphatic heterocycles. The first-order chi connectivity index (χ1) is 9.15. The molecule has 3 aromatic rings. The van der Waals surface area contributed by atoms with Gasteiger partial charge in [0.15, 0.2) is 0 Å². The van der Waals surface area contributed by atoms with E-state index in [-0.39, 0.29) is 0 Å². The number of aromatic nitrogens is 3. The molecule has 0 spiro atoms. The van der Waals surface area contributed by atoms with Crippen LogP contribution in [0.5, 0.6) is 0 Å². The summed E-state index contributed by atoms with van der Waals surface area (Å²) in [5.74, 6) is 0. The molecule has 0 amide bonds. The van der Waals surface area contributed by atoms with Gasteiger partial charge in [-0.2, -0.15) is 4.98 Å². The first-order valence-corrected chi connectivity index (χ1v) is 6.64. The maximum Gasteiger partial charge on any atom is 0.346 e. The van der Waals surface area contributed by atoms with Crippen LogP contribution in [0.25, 0.3) is 22.3 Å². The van der Waals surface area contributed by atoms with Gasteiger partial charge in [0.2, 0.25) is 0 Å². The number of benzene rings is 1. The molecule has 1 aromatic carbocycles. The number of pyridine rings is 1. The maximum absolute atomic E-state index is 11.6. The Morgan fingerprint density at radius 2 is 1.89 bits per heavy atom. The molecule has 0 radical (unpaired) electrons. The Hall–Kier alpha value is -1.72. The number of aromatic amines is 1.